The highest BCUT2D eigenvalue weighted by Crippen LogP contribution is 2.44. The second kappa shape index (κ2) is 4.26. The van der Waals surface area contributed by atoms with E-state index < -0.39 is 0 Å². The van der Waals surface area contributed by atoms with E-state index in [9.17, 15) is 0 Å². The highest BCUT2D eigenvalue weighted by molar-refractivity contribution is 8.00. The molecular weight excluding hydrogens is 190 g/mol. The number of nitrogens with one attached hydrogen (secondary N) is 1. The van der Waals surface area contributed by atoms with Crippen LogP contribution in [0.2, 0.25) is 0 Å². The number of anilines is 1. The molecule has 1 aliphatic heterocycles. The molecule has 0 bridgehead atoms. The number of hydrogen-bond acceptors (Lipinski definition) is 2. The molecule has 1 fully saturated rings. The first-order valence-electron chi connectivity index (χ1n) is 5.23. The van der Waals surface area contributed by atoms with Gasteiger partial charge in [0, 0.05) is 23.2 Å². The molecule has 0 spiro atoms. The summed E-state index contributed by atoms with van der Waals surface area (Å²) in [6.07, 6.45) is 2.70. The summed E-state index contributed by atoms with van der Waals surface area (Å²) in [6, 6.07) is 8.83. The van der Waals surface area contributed by atoms with Gasteiger partial charge in [-0.1, -0.05) is 19.1 Å². The zero-order valence-electron chi connectivity index (χ0n) is 8.79. The maximum atomic E-state index is 3.15. The van der Waals surface area contributed by atoms with Crippen LogP contribution in [0.5, 0.6) is 0 Å². The van der Waals surface area contributed by atoms with Crippen molar-refractivity contribution in [1.82, 2.24) is 0 Å². The smallest absolute Gasteiger partial charge is 0.0337 e. The predicted molar refractivity (Wildman–Crippen MR) is 65.0 cm³/mol. The zero-order chi connectivity index (χ0) is 9.97. The molecule has 0 radical (unpaired) electrons. The van der Waals surface area contributed by atoms with E-state index in [-0.39, 0.29) is 0 Å². The van der Waals surface area contributed by atoms with Crippen LogP contribution in [-0.2, 0) is 0 Å². The fourth-order valence-corrected chi connectivity index (χ4v) is 3.33. The van der Waals surface area contributed by atoms with E-state index in [0.29, 0.717) is 0 Å². The zero-order valence-corrected chi connectivity index (χ0v) is 9.60. The van der Waals surface area contributed by atoms with Gasteiger partial charge in [0.1, 0.15) is 0 Å². The Morgan fingerprint density at radius 2 is 1.93 bits per heavy atom. The van der Waals surface area contributed by atoms with Gasteiger partial charge in [-0.05, 0) is 30.5 Å². The summed E-state index contributed by atoms with van der Waals surface area (Å²) >= 11 is 2.11. The van der Waals surface area contributed by atoms with Gasteiger partial charge in [-0.2, -0.15) is 11.8 Å². The van der Waals surface area contributed by atoms with Gasteiger partial charge in [-0.15, -0.1) is 0 Å². The van der Waals surface area contributed by atoms with Crippen molar-refractivity contribution >= 4 is 17.4 Å². The Bertz CT molecular complexity index is 294. The second-order valence-corrected chi connectivity index (χ2v) is 5.53. The Labute approximate surface area is 90.3 Å². The molecule has 2 atom stereocenters. The summed E-state index contributed by atoms with van der Waals surface area (Å²) in [4.78, 5) is 0. The van der Waals surface area contributed by atoms with Crippen molar-refractivity contribution in [3.63, 3.8) is 0 Å². The normalized spacial score (nSPS) is 26.4. The molecule has 1 N–H and O–H groups in total. The number of benzene rings is 1. The van der Waals surface area contributed by atoms with Crippen molar-refractivity contribution in [2.75, 3.05) is 12.4 Å². The predicted octanol–water partition coefficient (Wildman–Crippen LogP) is 3.68. The first kappa shape index (κ1) is 9.91. The highest BCUT2D eigenvalue weighted by atomic mass is 32.2. The third-order valence-corrected chi connectivity index (χ3v) is 4.34. The van der Waals surface area contributed by atoms with Crippen LogP contribution in [0.15, 0.2) is 24.3 Å². The van der Waals surface area contributed by atoms with Crippen LogP contribution in [0.4, 0.5) is 5.69 Å². The third kappa shape index (κ3) is 2.06. The van der Waals surface area contributed by atoms with Gasteiger partial charge < -0.3 is 5.32 Å². The molecule has 0 aliphatic carbocycles. The number of hydrogen-bond donors (Lipinski definition) is 1. The van der Waals surface area contributed by atoms with Crippen molar-refractivity contribution in [3.8, 4) is 0 Å². The summed E-state index contributed by atoms with van der Waals surface area (Å²) in [5, 5.41) is 4.72. The molecule has 1 aliphatic rings. The molecule has 2 rings (SSSR count). The van der Waals surface area contributed by atoms with Crippen LogP contribution in [0.3, 0.4) is 0 Å². The lowest BCUT2D eigenvalue weighted by atomic mass is 10.1. The van der Waals surface area contributed by atoms with Crippen LogP contribution < -0.4 is 5.32 Å². The lowest BCUT2D eigenvalue weighted by molar-refractivity contribution is 0.771. The van der Waals surface area contributed by atoms with Crippen LogP contribution in [0.1, 0.15) is 30.6 Å². The molecular formula is C12H17NS. The quantitative estimate of drug-likeness (QED) is 0.794. The summed E-state index contributed by atoms with van der Waals surface area (Å²) < 4.78 is 0. The standard InChI is InChI=1S/C12H17NS/c1-9-3-8-12(14-9)10-4-6-11(13-2)7-5-10/h4-7,9,12-13H,3,8H2,1-2H3/t9-,12?/m1/s1. The lowest BCUT2D eigenvalue weighted by Gasteiger charge is -2.10. The second-order valence-electron chi connectivity index (χ2n) is 3.88. The topological polar surface area (TPSA) is 12.0 Å². The van der Waals surface area contributed by atoms with Crippen LogP contribution in [0.25, 0.3) is 0 Å². The fraction of sp³-hybridized carbons (Fsp3) is 0.500. The van der Waals surface area contributed by atoms with Crippen LogP contribution in [0, 0.1) is 0 Å². The van der Waals surface area contributed by atoms with Gasteiger partial charge in [0.05, 0.1) is 0 Å². The van der Waals surface area contributed by atoms with Gasteiger partial charge in [0.25, 0.3) is 0 Å². The van der Waals surface area contributed by atoms with Crippen molar-refractivity contribution in [3.05, 3.63) is 29.8 Å². The largest absolute Gasteiger partial charge is 0.388 e. The Balaban J connectivity index is 2.09. The molecule has 1 unspecified atom stereocenters. The Morgan fingerprint density at radius 1 is 1.21 bits per heavy atom. The summed E-state index contributed by atoms with van der Waals surface area (Å²) in [6.45, 7) is 2.33. The SMILES string of the molecule is CNc1ccc(C2CC[C@@H](C)S2)cc1. The first-order valence-corrected chi connectivity index (χ1v) is 6.17. The van der Waals surface area contributed by atoms with Gasteiger partial charge in [-0.25, -0.2) is 0 Å². The molecule has 76 valence electrons. The molecule has 0 saturated carbocycles. The van der Waals surface area contributed by atoms with Crippen LogP contribution >= 0.6 is 11.8 Å². The van der Waals surface area contributed by atoms with Gasteiger partial charge in [0.2, 0.25) is 0 Å². The van der Waals surface area contributed by atoms with E-state index in [1.165, 1.54) is 24.1 Å². The molecule has 1 nitrogen and oxygen atoms in total. The Kier molecular flexibility index (Phi) is 3.02. The fourth-order valence-electron chi connectivity index (χ4n) is 1.91. The molecule has 1 heterocycles. The molecule has 1 saturated heterocycles. The molecule has 2 heteroatoms. The maximum absolute atomic E-state index is 3.15. The summed E-state index contributed by atoms with van der Waals surface area (Å²) in [5.74, 6) is 0. The molecule has 0 amide bonds. The Morgan fingerprint density at radius 3 is 2.43 bits per heavy atom. The van der Waals surface area contributed by atoms with Gasteiger partial charge in [0.15, 0.2) is 0 Å². The van der Waals surface area contributed by atoms with Gasteiger partial charge >= 0.3 is 0 Å². The van der Waals surface area contributed by atoms with Crippen molar-refractivity contribution < 1.29 is 0 Å². The van der Waals surface area contributed by atoms with E-state index in [1.54, 1.807) is 0 Å². The lowest BCUT2D eigenvalue weighted by Crippen LogP contribution is -1.91. The average Bonchev–Trinajstić information content (AvgIpc) is 2.65. The monoisotopic (exact) mass is 207 g/mol. The van der Waals surface area contributed by atoms with E-state index in [4.69, 9.17) is 0 Å². The third-order valence-electron chi connectivity index (χ3n) is 2.80. The van der Waals surface area contributed by atoms with Crippen LogP contribution in [-0.4, -0.2) is 12.3 Å². The summed E-state index contributed by atoms with van der Waals surface area (Å²) in [5.41, 5.74) is 2.68. The highest BCUT2D eigenvalue weighted by Gasteiger charge is 2.22. The Hall–Kier alpha value is -0.630. The minimum absolute atomic E-state index is 0.732. The minimum Gasteiger partial charge on any atom is -0.388 e. The van der Waals surface area contributed by atoms with E-state index in [1.807, 2.05) is 7.05 Å². The van der Waals surface area contributed by atoms with E-state index in [0.717, 1.165) is 10.5 Å². The van der Waals surface area contributed by atoms with Crippen molar-refractivity contribution in [2.45, 2.75) is 30.3 Å². The molecule has 0 aromatic heterocycles. The van der Waals surface area contributed by atoms with E-state index in [2.05, 4.69) is 48.3 Å². The van der Waals surface area contributed by atoms with Crippen molar-refractivity contribution in [1.29, 1.82) is 0 Å². The molecule has 1 aromatic carbocycles. The van der Waals surface area contributed by atoms with Gasteiger partial charge in [-0.3, -0.25) is 0 Å². The van der Waals surface area contributed by atoms with E-state index >= 15 is 0 Å². The minimum atomic E-state index is 0.732. The number of thioether (sulfide) groups is 1. The molecule has 14 heavy (non-hydrogen) atoms. The van der Waals surface area contributed by atoms with Crippen molar-refractivity contribution in [2.24, 2.45) is 0 Å². The average molecular weight is 207 g/mol. The number of rotatable bonds is 2. The maximum Gasteiger partial charge on any atom is 0.0337 e. The summed E-state index contributed by atoms with van der Waals surface area (Å²) in [7, 11) is 1.96. The molecule has 1 aromatic rings. The first-order chi connectivity index (χ1) is 6.79.